The Morgan fingerprint density at radius 2 is 2.44 bits per heavy atom. The number of anilines is 1. The molecule has 0 saturated carbocycles. The third-order valence-electron chi connectivity index (χ3n) is 3.38. The molecule has 0 aromatic carbocycles. The molecule has 1 aromatic heterocycles. The quantitative estimate of drug-likeness (QED) is 0.904. The normalized spacial score (nSPS) is 28.4. The third-order valence-corrected chi connectivity index (χ3v) is 5.49. The lowest BCUT2D eigenvalue weighted by molar-refractivity contribution is 0.0355. The van der Waals surface area contributed by atoms with Gasteiger partial charge in [-0.15, -0.1) is 23.7 Å². The summed E-state index contributed by atoms with van der Waals surface area (Å²) in [5, 5.41) is 1.33. The van der Waals surface area contributed by atoms with E-state index >= 15 is 0 Å². The fraction of sp³-hybridized carbons (Fsp3) is 0.727. The SMILES string of the molecule is Cl.Nc1ncc(CN2CCSC3COCCC32)s1. The average molecular weight is 308 g/mol. The average Bonchev–Trinajstić information content (AvgIpc) is 2.75. The molecule has 2 saturated heterocycles. The van der Waals surface area contributed by atoms with Crippen molar-refractivity contribution in [3.63, 3.8) is 0 Å². The molecule has 2 N–H and O–H groups in total. The van der Waals surface area contributed by atoms with Gasteiger partial charge in [0.2, 0.25) is 0 Å². The molecule has 4 nitrogen and oxygen atoms in total. The van der Waals surface area contributed by atoms with Crippen LogP contribution in [-0.2, 0) is 11.3 Å². The second-order valence-electron chi connectivity index (χ2n) is 4.48. The highest BCUT2D eigenvalue weighted by Crippen LogP contribution is 2.31. The van der Waals surface area contributed by atoms with Crippen molar-refractivity contribution < 1.29 is 4.74 Å². The topological polar surface area (TPSA) is 51.4 Å². The van der Waals surface area contributed by atoms with Gasteiger partial charge in [-0.05, 0) is 6.42 Å². The van der Waals surface area contributed by atoms with Gasteiger partial charge in [0.15, 0.2) is 5.13 Å². The minimum absolute atomic E-state index is 0. The number of thiazole rings is 1. The summed E-state index contributed by atoms with van der Waals surface area (Å²) in [5.74, 6) is 1.21. The first kappa shape index (κ1) is 14.4. The number of fused-ring (bicyclic) bond motifs is 1. The molecule has 2 aliphatic heterocycles. The van der Waals surface area contributed by atoms with Crippen molar-refractivity contribution in [2.75, 3.05) is 31.2 Å². The number of ether oxygens (including phenoxy) is 1. The molecule has 0 amide bonds. The van der Waals surface area contributed by atoms with Crippen LogP contribution >= 0.6 is 35.5 Å². The van der Waals surface area contributed by atoms with Gasteiger partial charge in [-0.25, -0.2) is 4.98 Å². The molecule has 2 atom stereocenters. The van der Waals surface area contributed by atoms with Crippen LogP contribution in [0, 0.1) is 0 Å². The number of nitrogens with zero attached hydrogens (tertiary/aromatic N) is 2. The van der Waals surface area contributed by atoms with Crippen LogP contribution in [0.1, 0.15) is 11.3 Å². The van der Waals surface area contributed by atoms with Crippen LogP contribution in [0.15, 0.2) is 6.20 Å². The highest BCUT2D eigenvalue weighted by molar-refractivity contribution is 8.00. The van der Waals surface area contributed by atoms with Gasteiger partial charge in [0.1, 0.15) is 0 Å². The molecule has 0 bridgehead atoms. The molecule has 3 rings (SSSR count). The Hall–Kier alpha value is -0.0100. The molecule has 2 unspecified atom stereocenters. The van der Waals surface area contributed by atoms with Crippen LogP contribution in [-0.4, -0.2) is 46.7 Å². The van der Waals surface area contributed by atoms with Crippen LogP contribution < -0.4 is 5.73 Å². The Morgan fingerprint density at radius 3 is 3.22 bits per heavy atom. The molecule has 2 aliphatic rings. The van der Waals surface area contributed by atoms with E-state index in [1.807, 2.05) is 6.20 Å². The van der Waals surface area contributed by atoms with Gasteiger partial charge in [0.25, 0.3) is 0 Å². The summed E-state index contributed by atoms with van der Waals surface area (Å²) in [4.78, 5) is 7.98. The van der Waals surface area contributed by atoms with E-state index in [1.165, 1.54) is 17.2 Å². The monoisotopic (exact) mass is 307 g/mol. The zero-order valence-corrected chi connectivity index (χ0v) is 12.5. The number of nitrogens with two attached hydrogens (primary N) is 1. The minimum Gasteiger partial charge on any atom is -0.380 e. The fourth-order valence-electron chi connectivity index (χ4n) is 2.56. The predicted molar refractivity (Wildman–Crippen MR) is 79.7 cm³/mol. The molecule has 18 heavy (non-hydrogen) atoms. The zero-order chi connectivity index (χ0) is 11.7. The predicted octanol–water partition coefficient (Wildman–Crippen LogP) is 1.85. The fourth-order valence-corrected chi connectivity index (χ4v) is 4.63. The molecule has 0 spiro atoms. The first-order valence-electron chi connectivity index (χ1n) is 5.96. The Kier molecular flexibility index (Phi) is 5.14. The van der Waals surface area contributed by atoms with Crippen molar-refractivity contribution in [1.29, 1.82) is 0 Å². The van der Waals surface area contributed by atoms with Crippen molar-refractivity contribution >= 4 is 40.6 Å². The van der Waals surface area contributed by atoms with Gasteiger partial charge in [-0.3, -0.25) is 4.90 Å². The van der Waals surface area contributed by atoms with Crippen molar-refractivity contribution in [2.45, 2.75) is 24.3 Å². The summed E-state index contributed by atoms with van der Waals surface area (Å²) >= 11 is 3.67. The number of aromatic nitrogens is 1. The molecular weight excluding hydrogens is 290 g/mol. The Morgan fingerprint density at radius 1 is 1.56 bits per heavy atom. The number of rotatable bonds is 2. The van der Waals surface area contributed by atoms with E-state index in [2.05, 4.69) is 21.6 Å². The molecule has 0 aliphatic carbocycles. The van der Waals surface area contributed by atoms with Gasteiger partial charge >= 0.3 is 0 Å². The lowest BCUT2D eigenvalue weighted by Crippen LogP contribution is -2.51. The number of hydrogen-bond acceptors (Lipinski definition) is 6. The Bertz CT molecular complexity index is 388. The molecule has 7 heteroatoms. The summed E-state index contributed by atoms with van der Waals surface area (Å²) < 4.78 is 5.56. The Labute approximate surface area is 122 Å². The largest absolute Gasteiger partial charge is 0.380 e. The standard InChI is InChI=1S/C11H17N3OS2.ClH/c12-11-13-5-8(17-11)6-14-2-4-16-10-7-15-3-1-9(10)14;/h5,9-10H,1-4,6-7H2,(H2,12,13);1H. The van der Waals surface area contributed by atoms with Crippen LogP contribution in [0.5, 0.6) is 0 Å². The van der Waals surface area contributed by atoms with Crippen LogP contribution in [0.3, 0.4) is 0 Å². The van der Waals surface area contributed by atoms with E-state index in [-0.39, 0.29) is 12.4 Å². The molecule has 2 fully saturated rings. The molecule has 0 radical (unpaired) electrons. The number of hydrogen-bond donors (Lipinski definition) is 1. The number of nitrogen functional groups attached to an aromatic ring is 1. The van der Waals surface area contributed by atoms with Gasteiger partial charge in [0, 0.05) is 47.8 Å². The first-order chi connectivity index (χ1) is 8.33. The van der Waals surface area contributed by atoms with Crippen LogP contribution in [0.2, 0.25) is 0 Å². The number of thioether (sulfide) groups is 1. The summed E-state index contributed by atoms with van der Waals surface area (Å²) in [6.07, 6.45) is 3.07. The summed E-state index contributed by atoms with van der Waals surface area (Å²) in [7, 11) is 0. The molecule has 1 aromatic rings. The van der Waals surface area contributed by atoms with Crippen LogP contribution in [0.25, 0.3) is 0 Å². The van der Waals surface area contributed by atoms with Crippen molar-refractivity contribution in [3.05, 3.63) is 11.1 Å². The summed E-state index contributed by atoms with van der Waals surface area (Å²) in [5.41, 5.74) is 5.68. The highest BCUT2D eigenvalue weighted by Gasteiger charge is 2.34. The van der Waals surface area contributed by atoms with E-state index in [9.17, 15) is 0 Å². The van der Waals surface area contributed by atoms with E-state index in [1.54, 1.807) is 11.3 Å². The number of halogens is 1. The lowest BCUT2D eigenvalue weighted by atomic mass is 10.1. The molecular formula is C11H18ClN3OS2. The van der Waals surface area contributed by atoms with Gasteiger partial charge in [0.05, 0.1) is 6.61 Å². The minimum atomic E-state index is 0. The maximum atomic E-state index is 5.68. The lowest BCUT2D eigenvalue weighted by Gasteiger charge is -2.43. The van der Waals surface area contributed by atoms with E-state index in [0.717, 1.165) is 26.2 Å². The Balaban J connectivity index is 0.00000120. The van der Waals surface area contributed by atoms with E-state index in [0.29, 0.717) is 16.4 Å². The maximum absolute atomic E-state index is 5.68. The van der Waals surface area contributed by atoms with Gasteiger partial charge in [-0.1, -0.05) is 0 Å². The molecule has 3 heterocycles. The van der Waals surface area contributed by atoms with E-state index in [4.69, 9.17) is 10.5 Å². The van der Waals surface area contributed by atoms with Crippen molar-refractivity contribution in [3.8, 4) is 0 Å². The third kappa shape index (κ3) is 3.11. The zero-order valence-electron chi connectivity index (χ0n) is 10.1. The summed E-state index contributed by atoms with van der Waals surface area (Å²) in [6.45, 7) is 3.99. The second kappa shape index (κ2) is 6.43. The smallest absolute Gasteiger partial charge is 0.180 e. The highest BCUT2D eigenvalue weighted by atomic mass is 35.5. The van der Waals surface area contributed by atoms with Gasteiger partial charge in [-0.2, -0.15) is 11.8 Å². The second-order valence-corrected chi connectivity index (χ2v) is 6.97. The maximum Gasteiger partial charge on any atom is 0.180 e. The first-order valence-corrected chi connectivity index (χ1v) is 7.83. The van der Waals surface area contributed by atoms with Crippen molar-refractivity contribution in [2.24, 2.45) is 0 Å². The van der Waals surface area contributed by atoms with Gasteiger partial charge < -0.3 is 10.5 Å². The van der Waals surface area contributed by atoms with Crippen LogP contribution in [0.4, 0.5) is 5.13 Å². The summed E-state index contributed by atoms with van der Waals surface area (Å²) in [6, 6.07) is 0.672. The van der Waals surface area contributed by atoms with Crippen molar-refractivity contribution in [1.82, 2.24) is 9.88 Å². The molecule has 102 valence electrons. The van der Waals surface area contributed by atoms with E-state index < -0.39 is 0 Å².